The van der Waals surface area contributed by atoms with E-state index in [2.05, 4.69) is 38.0 Å². The average molecular weight is 428 g/mol. The second-order valence-electron chi connectivity index (χ2n) is 6.30. The van der Waals surface area contributed by atoms with Crippen molar-refractivity contribution in [1.29, 1.82) is 0 Å². The van der Waals surface area contributed by atoms with Crippen LogP contribution in [0.2, 0.25) is 0 Å². The van der Waals surface area contributed by atoms with Gasteiger partial charge in [-0.3, -0.25) is 9.55 Å². The van der Waals surface area contributed by atoms with Gasteiger partial charge in [-0.05, 0) is 49.1 Å². The molecule has 0 aliphatic heterocycles. The van der Waals surface area contributed by atoms with Crippen molar-refractivity contribution in [2.45, 2.75) is 36.6 Å². The Balaban J connectivity index is 1.61. The maximum Gasteiger partial charge on any atom is 0.349 e. The van der Waals surface area contributed by atoms with Crippen LogP contribution >= 0.6 is 27.7 Å². The van der Waals surface area contributed by atoms with Crippen LogP contribution in [0.4, 0.5) is 0 Å². The molecule has 0 unspecified atom stereocenters. The van der Waals surface area contributed by atoms with Gasteiger partial charge in [-0.25, -0.2) is 4.79 Å². The first-order valence-electron chi connectivity index (χ1n) is 8.60. The molecule has 4 nitrogen and oxygen atoms in total. The highest BCUT2D eigenvalue weighted by Crippen LogP contribution is 2.31. The molecule has 0 fully saturated rings. The lowest BCUT2D eigenvalue weighted by molar-refractivity contribution is 0.656. The highest BCUT2D eigenvalue weighted by Gasteiger charge is 2.22. The number of rotatable bonds is 5. The molecular weight excluding hydrogens is 410 g/mol. The molecule has 0 N–H and O–H groups in total. The summed E-state index contributed by atoms with van der Waals surface area (Å²) in [5, 5.41) is 0.891. The molecule has 0 bridgehead atoms. The van der Waals surface area contributed by atoms with E-state index in [-0.39, 0.29) is 5.69 Å². The monoisotopic (exact) mass is 427 g/mol. The van der Waals surface area contributed by atoms with Crippen molar-refractivity contribution in [3.05, 3.63) is 86.1 Å². The van der Waals surface area contributed by atoms with Crippen LogP contribution < -0.4 is 5.69 Å². The van der Waals surface area contributed by atoms with Gasteiger partial charge in [0.1, 0.15) is 5.03 Å². The minimum Gasteiger partial charge on any atom is -0.290 e. The molecule has 1 aliphatic rings. The third-order valence-corrected chi connectivity index (χ3v) is 6.15. The van der Waals surface area contributed by atoms with Crippen LogP contribution in [0.25, 0.3) is 0 Å². The second kappa shape index (κ2) is 7.76. The quantitative estimate of drug-likeness (QED) is 0.451. The highest BCUT2D eigenvalue weighted by molar-refractivity contribution is 9.10. The number of hydrogen-bond acceptors (Lipinski definition) is 4. The molecule has 4 rings (SSSR count). The number of aromatic nitrogens is 3. The fourth-order valence-electron chi connectivity index (χ4n) is 3.25. The fourth-order valence-corrected chi connectivity index (χ4v) is 4.55. The van der Waals surface area contributed by atoms with E-state index in [0.29, 0.717) is 6.54 Å². The van der Waals surface area contributed by atoms with E-state index in [1.807, 2.05) is 30.3 Å². The zero-order valence-corrected chi connectivity index (χ0v) is 16.6. The van der Waals surface area contributed by atoms with E-state index in [1.165, 1.54) is 11.1 Å². The molecule has 0 saturated carbocycles. The molecule has 1 aliphatic carbocycles. The number of hydrogen-bond donors (Lipinski definition) is 0. The zero-order chi connectivity index (χ0) is 17.9. The van der Waals surface area contributed by atoms with Gasteiger partial charge in [0.2, 0.25) is 0 Å². The average Bonchev–Trinajstić information content (AvgIpc) is 3.15. The summed E-state index contributed by atoms with van der Waals surface area (Å²) in [5.41, 5.74) is 4.32. The lowest BCUT2D eigenvalue weighted by atomic mass is 10.2. The molecule has 0 atom stereocenters. The van der Waals surface area contributed by atoms with Gasteiger partial charge in [0.25, 0.3) is 0 Å². The SMILES string of the molecule is O=c1nc(SCc2ccc(Br)cc2)c2c(n1Cc1ccccn1)CCC2. The first kappa shape index (κ1) is 17.5. The van der Waals surface area contributed by atoms with Crippen molar-refractivity contribution in [3.8, 4) is 0 Å². The number of halogens is 1. The van der Waals surface area contributed by atoms with Gasteiger partial charge in [0.15, 0.2) is 0 Å². The van der Waals surface area contributed by atoms with Gasteiger partial charge in [-0.15, -0.1) is 11.8 Å². The molecule has 132 valence electrons. The van der Waals surface area contributed by atoms with Gasteiger partial charge in [-0.1, -0.05) is 34.1 Å². The lowest BCUT2D eigenvalue weighted by Crippen LogP contribution is -2.28. The van der Waals surface area contributed by atoms with Crippen molar-refractivity contribution >= 4 is 27.7 Å². The Hall–Kier alpha value is -1.92. The predicted molar refractivity (Wildman–Crippen MR) is 108 cm³/mol. The van der Waals surface area contributed by atoms with Gasteiger partial charge in [0.05, 0.1) is 12.2 Å². The van der Waals surface area contributed by atoms with Crippen LogP contribution in [0.3, 0.4) is 0 Å². The van der Waals surface area contributed by atoms with Crippen LogP contribution in [0.15, 0.2) is 63.0 Å². The maximum absolute atomic E-state index is 12.7. The van der Waals surface area contributed by atoms with Crippen molar-refractivity contribution in [3.63, 3.8) is 0 Å². The standard InChI is InChI=1S/C20H18BrN3OS/c21-15-9-7-14(8-10-15)13-26-19-17-5-3-6-18(17)24(20(25)23-19)12-16-4-1-2-11-22-16/h1-2,4,7-11H,3,5-6,12-13H2. The molecular formula is C20H18BrN3OS. The first-order chi connectivity index (χ1) is 12.7. The Morgan fingerprint density at radius 3 is 2.73 bits per heavy atom. The van der Waals surface area contributed by atoms with E-state index in [0.717, 1.165) is 45.9 Å². The summed E-state index contributed by atoms with van der Waals surface area (Å²) in [7, 11) is 0. The lowest BCUT2D eigenvalue weighted by Gasteiger charge is -2.14. The van der Waals surface area contributed by atoms with Gasteiger partial charge < -0.3 is 0 Å². The number of pyridine rings is 1. The molecule has 3 aromatic rings. The summed E-state index contributed by atoms with van der Waals surface area (Å²) in [6.07, 6.45) is 4.77. The Morgan fingerprint density at radius 2 is 1.96 bits per heavy atom. The maximum atomic E-state index is 12.7. The Labute approximate surface area is 164 Å². The van der Waals surface area contributed by atoms with E-state index in [4.69, 9.17) is 0 Å². The van der Waals surface area contributed by atoms with Crippen LogP contribution in [0.5, 0.6) is 0 Å². The topological polar surface area (TPSA) is 47.8 Å². The van der Waals surface area contributed by atoms with Crippen LogP contribution in [0, 0.1) is 0 Å². The minimum absolute atomic E-state index is 0.172. The summed E-state index contributed by atoms with van der Waals surface area (Å²) in [6.45, 7) is 0.493. The van der Waals surface area contributed by atoms with Crippen molar-refractivity contribution < 1.29 is 0 Å². The fraction of sp³-hybridized carbons (Fsp3) is 0.250. The predicted octanol–water partition coefficient (Wildman–Crippen LogP) is 4.23. The number of thioether (sulfide) groups is 1. The number of nitrogens with zero attached hydrogens (tertiary/aromatic N) is 3. The molecule has 2 aromatic heterocycles. The molecule has 26 heavy (non-hydrogen) atoms. The van der Waals surface area contributed by atoms with E-state index >= 15 is 0 Å². The normalized spacial score (nSPS) is 13.0. The summed E-state index contributed by atoms with van der Waals surface area (Å²) >= 11 is 5.12. The summed E-state index contributed by atoms with van der Waals surface area (Å²) in [4.78, 5) is 21.4. The molecule has 1 aromatic carbocycles. The van der Waals surface area contributed by atoms with E-state index in [1.54, 1.807) is 22.5 Å². The molecule has 0 amide bonds. The van der Waals surface area contributed by atoms with Crippen molar-refractivity contribution in [1.82, 2.24) is 14.5 Å². The van der Waals surface area contributed by atoms with Crippen LogP contribution in [-0.4, -0.2) is 14.5 Å². The third kappa shape index (κ3) is 3.76. The molecule has 2 heterocycles. The second-order valence-corrected chi connectivity index (χ2v) is 8.18. The van der Waals surface area contributed by atoms with E-state index in [9.17, 15) is 4.79 Å². The number of benzene rings is 1. The summed E-state index contributed by atoms with van der Waals surface area (Å²) < 4.78 is 2.87. The van der Waals surface area contributed by atoms with Crippen molar-refractivity contribution in [2.75, 3.05) is 0 Å². The Morgan fingerprint density at radius 1 is 1.12 bits per heavy atom. The van der Waals surface area contributed by atoms with Crippen molar-refractivity contribution in [2.24, 2.45) is 0 Å². The molecule has 0 saturated heterocycles. The third-order valence-electron chi connectivity index (χ3n) is 4.54. The first-order valence-corrected chi connectivity index (χ1v) is 10.4. The molecule has 6 heteroatoms. The number of fused-ring (bicyclic) bond motifs is 1. The zero-order valence-electron chi connectivity index (χ0n) is 14.2. The Kier molecular flexibility index (Phi) is 5.22. The van der Waals surface area contributed by atoms with Gasteiger partial charge >= 0.3 is 5.69 Å². The highest BCUT2D eigenvalue weighted by atomic mass is 79.9. The minimum atomic E-state index is -0.172. The Bertz CT molecular complexity index is 971. The van der Waals surface area contributed by atoms with Crippen LogP contribution in [-0.2, 0) is 25.1 Å². The van der Waals surface area contributed by atoms with E-state index < -0.39 is 0 Å². The largest absolute Gasteiger partial charge is 0.349 e. The van der Waals surface area contributed by atoms with Gasteiger partial charge in [0, 0.05) is 27.7 Å². The molecule has 0 radical (unpaired) electrons. The van der Waals surface area contributed by atoms with Gasteiger partial charge in [-0.2, -0.15) is 4.98 Å². The summed E-state index contributed by atoms with van der Waals surface area (Å²) in [5.74, 6) is 0.816. The smallest absolute Gasteiger partial charge is 0.290 e. The van der Waals surface area contributed by atoms with Crippen LogP contribution in [0.1, 0.15) is 28.9 Å². The summed E-state index contributed by atoms with van der Waals surface area (Å²) in [6, 6.07) is 14.1. The molecule has 0 spiro atoms.